The number of hydrogen-bond donors (Lipinski definition) is 2. The summed E-state index contributed by atoms with van der Waals surface area (Å²) in [5, 5.41) is 6.18. The van der Waals surface area contributed by atoms with Crippen molar-refractivity contribution >= 4 is 21.7 Å². The summed E-state index contributed by atoms with van der Waals surface area (Å²) in [5.41, 5.74) is 0. The second-order valence-corrected chi connectivity index (χ2v) is 8.28. The first-order valence-electron chi connectivity index (χ1n) is 8.92. The maximum Gasteiger partial charge on any atom is 0.240 e. The van der Waals surface area contributed by atoms with Gasteiger partial charge in [-0.1, -0.05) is 5.16 Å². The predicted octanol–water partition coefficient (Wildman–Crippen LogP) is 2.61. The second kappa shape index (κ2) is 8.53. The molecule has 2 aromatic rings. The Labute approximate surface area is 158 Å². The van der Waals surface area contributed by atoms with Crippen LogP contribution >= 0.6 is 0 Å². The lowest BCUT2D eigenvalue weighted by molar-refractivity contribution is -0.116. The van der Waals surface area contributed by atoms with Crippen molar-refractivity contribution in [2.75, 3.05) is 11.9 Å². The molecule has 0 radical (unpaired) electrons. The van der Waals surface area contributed by atoms with Gasteiger partial charge in [-0.15, -0.1) is 0 Å². The maximum atomic E-state index is 12.3. The van der Waals surface area contributed by atoms with Gasteiger partial charge in [-0.05, 0) is 56.9 Å². The number of amides is 1. The molecule has 1 aliphatic rings. The van der Waals surface area contributed by atoms with Gasteiger partial charge in [0.1, 0.15) is 11.5 Å². The van der Waals surface area contributed by atoms with Crippen LogP contribution in [0.3, 0.4) is 0 Å². The lowest BCUT2D eigenvalue weighted by Gasteiger charge is -2.13. The molecule has 0 spiro atoms. The number of aromatic nitrogens is 1. The number of hydrogen-bond acceptors (Lipinski definition) is 6. The molecule has 0 aliphatic heterocycles. The molecule has 146 valence electrons. The van der Waals surface area contributed by atoms with Crippen molar-refractivity contribution in [3.8, 4) is 5.75 Å². The average molecular weight is 393 g/mol. The molecule has 1 fully saturated rings. The molecule has 3 rings (SSSR count). The molecule has 0 saturated heterocycles. The van der Waals surface area contributed by atoms with Gasteiger partial charge in [0, 0.05) is 19.0 Å². The van der Waals surface area contributed by atoms with Gasteiger partial charge in [-0.3, -0.25) is 4.79 Å². The Bertz CT molecular complexity index is 871. The van der Waals surface area contributed by atoms with Crippen molar-refractivity contribution in [1.29, 1.82) is 0 Å². The molecule has 27 heavy (non-hydrogen) atoms. The molecule has 0 unspecified atom stereocenters. The van der Waals surface area contributed by atoms with Crippen LogP contribution in [0.2, 0.25) is 0 Å². The van der Waals surface area contributed by atoms with E-state index in [0.717, 1.165) is 12.8 Å². The molecule has 1 aromatic carbocycles. The Morgan fingerprint density at radius 3 is 2.59 bits per heavy atom. The summed E-state index contributed by atoms with van der Waals surface area (Å²) in [6.07, 6.45) is 4.62. The monoisotopic (exact) mass is 393 g/mol. The van der Waals surface area contributed by atoms with Crippen LogP contribution in [0.25, 0.3) is 0 Å². The Hall–Kier alpha value is -2.39. The van der Waals surface area contributed by atoms with Crippen LogP contribution in [-0.4, -0.2) is 32.1 Å². The SMILES string of the molecule is Cc1cc(NC(=O)CCNS(=O)(=O)c2ccc(OC3CCCC3)cc2)no1. The van der Waals surface area contributed by atoms with Crippen molar-refractivity contribution in [2.24, 2.45) is 0 Å². The van der Waals surface area contributed by atoms with Crippen LogP contribution in [-0.2, 0) is 14.8 Å². The van der Waals surface area contributed by atoms with Crippen molar-refractivity contribution < 1.29 is 22.5 Å². The number of nitrogens with zero attached hydrogens (tertiary/aromatic N) is 1. The van der Waals surface area contributed by atoms with E-state index in [9.17, 15) is 13.2 Å². The van der Waals surface area contributed by atoms with Crippen LogP contribution < -0.4 is 14.8 Å². The predicted molar refractivity (Wildman–Crippen MR) is 99.0 cm³/mol. The van der Waals surface area contributed by atoms with Gasteiger partial charge in [0.05, 0.1) is 11.0 Å². The topological polar surface area (TPSA) is 111 Å². The summed E-state index contributed by atoms with van der Waals surface area (Å²) in [6.45, 7) is 1.69. The standard InChI is InChI=1S/C18H23N3O5S/c1-13-12-17(21-26-13)20-18(22)10-11-19-27(23,24)16-8-6-15(7-9-16)25-14-4-2-3-5-14/h6-9,12,14,19H,2-5,10-11H2,1H3,(H,20,21,22). The normalized spacial score (nSPS) is 15.0. The van der Waals surface area contributed by atoms with Gasteiger partial charge < -0.3 is 14.6 Å². The summed E-state index contributed by atoms with van der Waals surface area (Å²) in [4.78, 5) is 11.9. The van der Waals surface area contributed by atoms with Crippen LogP contribution in [0.5, 0.6) is 5.75 Å². The van der Waals surface area contributed by atoms with E-state index in [1.54, 1.807) is 25.1 Å². The molecular weight excluding hydrogens is 370 g/mol. The zero-order chi connectivity index (χ0) is 19.3. The lowest BCUT2D eigenvalue weighted by Crippen LogP contribution is -2.27. The number of aryl methyl sites for hydroxylation is 1. The lowest BCUT2D eigenvalue weighted by atomic mass is 10.3. The van der Waals surface area contributed by atoms with Crippen molar-refractivity contribution in [3.05, 3.63) is 36.1 Å². The second-order valence-electron chi connectivity index (χ2n) is 6.51. The van der Waals surface area contributed by atoms with Crippen LogP contribution in [0.4, 0.5) is 5.82 Å². The highest BCUT2D eigenvalue weighted by atomic mass is 32.2. The number of ether oxygens (including phenoxy) is 1. The molecule has 2 N–H and O–H groups in total. The number of sulfonamides is 1. The molecule has 1 amide bonds. The van der Waals surface area contributed by atoms with Crippen molar-refractivity contribution in [3.63, 3.8) is 0 Å². The summed E-state index contributed by atoms with van der Waals surface area (Å²) in [7, 11) is -3.69. The summed E-state index contributed by atoms with van der Waals surface area (Å²) in [5.74, 6) is 1.19. The highest BCUT2D eigenvalue weighted by molar-refractivity contribution is 7.89. The zero-order valence-corrected chi connectivity index (χ0v) is 15.9. The minimum atomic E-state index is -3.69. The fourth-order valence-corrected chi connectivity index (χ4v) is 3.94. The van der Waals surface area contributed by atoms with Gasteiger partial charge in [-0.2, -0.15) is 0 Å². The van der Waals surface area contributed by atoms with E-state index >= 15 is 0 Å². The molecule has 1 heterocycles. The largest absolute Gasteiger partial charge is 0.490 e. The fourth-order valence-electron chi connectivity index (χ4n) is 2.91. The number of anilines is 1. The number of carbonyl (C=O) groups excluding carboxylic acids is 1. The fraction of sp³-hybridized carbons (Fsp3) is 0.444. The van der Waals surface area contributed by atoms with Crippen molar-refractivity contribution in [2.45, 2.75) is 50.0 Å². The Balaban J connectivity index is 1.47. The van der Waals surface area contributed by atoms with Gasteiger partial charge >= 0.3 is 0 Å². The highest BCUT2D eigenvalue weighted by Gasteiger charge is 2.18. The van der Waals surface area contributed by atoms with Gasteiger partial charge in [0.2, 0.25) is 15.9 Å². The van der Waals surface area contributed by atoms with Crippen LogP contribution in [0, 0.1) is 6.92 Å². The van der Waals surface area contributed by atoms with E-state index in [-0.39, 0.29) is 29.9 Å². The van der Waals surface area contributed by atoms with Crippen LogP contribution in [0.15, 0.2) is 39.8 Å². The smallest absolute Gasteiger partial charge is 0.240 e. The molecule has 0 bridgehead atoms. The van der Waals surface area contributed by atoms with E-state index in [4.69, 9.17) is 9.26 Å². The quantitative estimate of drug-likeness (QED) is 0.713. The Morgan fingerprint density at radius 1 is 1.26 bits per heavy atom. The number of nitrogens with one attached hydrogen (secondary N) is 2. The summed E-state index contributed by atoms with van der Waals surface area (Å²) in [6, 6.07) is 7.91. The first-order valence-corrected chi connectivity index (χ1v) is 10.4. The Kier molecular flexibility index (Phi) is 6.12. The third kappa shape index (κ3) is 5.54. The van der Waals surface area contributed by atoms with Crippen molar-refractivity contribution in [1.82, 2.24) is 9.88 Å². The maximum absolute atomic E-state index is 12.3. The first-order chi connectivity index (χ1) is 12.9. The minimum Gasteiger partial charge on any atom is -0.490 e. The zero-order valence-electron chi connectivity index (χ0n) is 15.1. The molecule has 1 saturated carbocycles. The molecule has 9 heteroatoms. The molecule has 8 nitrogen and oxygen atoms in total. The van der Waals surface area contributed by atoms with Gasteiger partial charge in [0.25, 0.3) is 0 Å². The van der Waals surface area contributed by atoms with E-state index in [1.165, 1.54) is 25.0 Å². The molecule has 1 aliphatic carbocycles. The third-order valence-electron chi connectivity index (χ3n) is 4.28. The summed E-state index contributed by atoms with van der Waals surface area (Å²) < 4.78 is 37.7. The molecular formula is C18H23N3O5S. The first kappa shape index (κ1) is 19.4. The highest BCUT2D eigenvalue weighted by Crippen LogP contribution is 2.24. The molecule has 0 atom stereocenters. The number of carbonyl (C=O) groups is 1. The number of rotatable bonds is 8. The van der Waals surface area contributed by atoms with E-state index < -0.39 is 10.0 Å². The third-order valence-corrected chi connectivity index (χ3v) is 5.76. The Morgan fingerprint density at radius 2 is 1.96 bits per heavy atom. The van der Waals surface area contributed by atoms with Crippen LogP contribution in [0.1, 0.15) is 37.9 Å². The van der Waals surface area contributed by atoms with Gasteiger partial charge in [0.15, 0.2) is 5.82 Å². The number of benzene rings is 1. The van der Waals surface area contributed by atoms with E-state index in [0.29, 0.717) is 17.3 Å². The minimum absolute atomic E-state index is 0.0198. The summed E-state index contributed by atoms with van der Waals surface area (Å²) >= 11 is 0. The van der Waals surface area contributed by atoms with E-state index in [1.807, 2.05) is 0 Å². The van der Waals surface area contributed by atoms with E-state index in [2.05, 4.69) is 15.2 Å². The molecule has 1 aromatic heterocycles. The average Bonchev–Trinajstić information content (AvgIpc) is 3.27. The van der Waals surface area contributed by atoms with Gasteiger partial charge in [-0.25, -0.2) is 13.1 Å².